The molecule has 0 spiro atoms. The molecule has 2 nitrogen and oxygen atoms in total. The van der Waals surface area contributed by atoms with Gasteiger partial charge >= 0.3 is 6.18 Å². The van der Waals surface area contributed by atoms with E-state index in [1.54, 1.807) is 0 Å². The third-order valence-corrected chi connectivity index (χ3v) is 3.54. The average molecular weight is 357 g/mol. The Kier molecular flexibility index (Phi) is 4.68. The van der Waals surface area contributed by atoms with Crippen molar-refractivity contribution < 1.29 is 18.3 Å². The molecule has 1 aromatic carbocycles. The summed E-state index contributed by atoms with van der Waals surface area (Å²) in [6.07, 6.45) is -3.48. The number of rotatable bonds is 2. The number of halogens is 6. The summed E-state index contributed by atoms with van der Waals surface area (Å²) in [5, 5.41) is 9.45. The Morgan fingerprint density at radius 3 is 2.10 bits per heavy atom. The van der Waals surface area contributed by atoms with Crippen LogP contribution >= 0.6 is 34.8 Å². The first kappa shape index (κ1) is 16.4. The third-order valence-electron chi connectivity index (χ3n) is 2.72. The zero-order valence-corrected chi connectivity index (χ0v) is 12.4. The van der Waals surface area contributed by atoms with Crippen LogP contribution in [0.25, 0.3) is 11.1 Å². The van der Waals surface area contributed by atoms with E-state index in [9.17, 15) is 13.2 Å². The van der Waals surface area contributed by atoms with Crippen LogP contribution in [0.4, 0.5) is 13.2 Å². The summed E-state index contributed by atoms with van der Waals surface area (Å²) in [6, 6.07) is 3.59. The van der Waals surface area contributed by atoms with Crippen molar-refractivity contribution in [3.63, 3.8) is 0 Å². The van der Waals surface area contributed by atoms with Gasteiger partial charge in [-0.2, -0.15) is 13.2 Å². The lowest BCUT2D eigenvalue weighted by Crippen LogP contribution is -2.11. The first-order chi connectivity index (χ1) is 9.74. The Labute approximate surface area is 133 Å². The summed E-state index contributed by atoms with van der Waals surface area (Å²) in [5.41, 5.74) is -1.21. The van der Waals surface area contributed by atoms with E-state index in [2.05, 4.69) is 4.98 Å². The molecule has 2 aromatic rings. The first-order valence-corrected chi connectivity index (χ1v) is 6.69. The predicted octanol–water partition coefficient (Wildman–Crippen LogP) is 5.22. The van der Waals surface area contributed by atoms with Gasteiger partial charge in [0, 0.05) is 22.3 Å². The molecule has 0 fully saturated rings. The summed E-state index contributed by atoms with van der Waals surface area (Å²) in [5.74, 6) is 0. The molecule has 1 heterocycles. The normalized spacial score (nSPS) is 11.8. The highest BCUT2D eigenvalue weighted by atomic mass is 35.5. The summed E-state index contributed by atoms with van der Waals surface area (Å²) in [7, 11) is 0. The molecule has 0 bridgehead atoms. The zero-order chi connectivity index (χ0) is 15.8. The molecular weight excluding hydrogens is 350 g/mol. The smallest absolute Gasteiger partial charge is 0.390 e. The largest absolute Gasteiger partial charge is 0.418 e. The zero-order valence-electron chi connectivity index (χ0n) is 10.2. The highest BCUT2D eigenvalue weighted by Crippen LogP contribution is 2.40. The molecule has 0 atom stereocenters. The van der Waals surface area contributed by atoms with Crippen LogP contribution in [0.1, 0.15) is 11.3 Å². The summed E-state index contributed by atoms with van der Waals surface area (Å²) in [6.45, 7) is -0.822. The van der Waals surface area contributed by atoms with Crippen LogP contribution < -0.4 is 0 Å². The molecule has 2 rings (SSSR count). The van der Waals surface area contributed by atoms with Gasteiger partial charge in [-0.05, 0) is 18.2 Å². The van der Waals surface area contributed by atoms with Gasteiger partial charge in [0.2, 0.25) is 0 Å². The minimum Gasteiger partial charge on any atom is -0.390 e. The van der Waals surface area contributed by atoms with Crippen molar-refractivity contribution in [2.24, 2.45) is 0 Å². The predicted molar refractivity (Wildman–Crippen MR) is 75.6 cm³/mol. The van der Waals surface area contributed by atoms with E-state index in [0.29, 0.717) is 0 Å². The summed E-state index contributed by atoms with van der Waals surface area (Å²) < 4.78 is 38.9. The molecule has 1 aromatic heterocycles. The number of aliphatic hydroxyl groups excluding tert-OH is 1. The first-order valence-electron chi connectivity index (χ1n) is 5.56. The van der Waals surface area contributed by atoms with Crippen molar-refractivity contribution in [1.29, 1.82) is 0 Å². The van der Waals surface area contributed by atoms with Crippen LogP contribution in [0.5, 0.6) is 0 Å². The van der Waals surface area contributed by atoms with E-state index in [1.165, 1.54) is 18.3 Å². The van der Waals surface area contributed by atoms with E-state index in [0.717, 1.165) is 6.07 Å². The molecular formula is C13H7Cl3F3NO. The molecule has 0 saturated heterocycles. The maximum absolute atomic E-state index is 13.0. The molecule has 8 heteroatoms. The number of aromatic nitrogens is 1. The topological polar surface area (TPSA) is 33.1 Å². The Morgan fingerprint density at radius 2 is 1.62 bits per heavy atom. The highest BCUT2D eigenvalue weighted by Gasteiger charge is 2.34. The summed E-state index contributed by atoms with van der Waals surface area (Å²) >= 11 is 17.7. The number of benzene rings is 1. The van der Waals surface area contributed by atoms with E-state index in [-0.39, 0.29) is 26.2 Å². The van der Waals surface area contributed by atoms with Crippen LogP contribution in [0.3, 0.4) is 0 Å². The van der Waals surface area contributed by atoms with Gasteiger partial charge in [-0.1, -0.05) is 34.8 Å². The maximum Gasteiger partial charge on any atom is 0.418 e. The standard InChI is InChI=1S/C13H7Cl3F3NO/c14-7-2-9(15)12(10(16)3-7)6-1-8(13(17,18)19)11(5-21)20-4-6/h1-4,21H,5H2. The van der Waals surface area contributed by atoms with Gasteiger partial charge in [0.15, 0.2) is 0 Å². The van der Waals surface area contributed by atoms with Crippen molar-refractivity contribution in [2.45, 2.75) is 12.8 Å². The van der Waals surface area contributed by atoms with Gasteiger partial charge in [-0.3, -0.25) is 4.98 Å². The molecule has 0 radical (unpaired) electrons. The van der Waals surface area contributed by atoms with Crippen LogP contribution in [0.15, 0.2) is 24.4 Å². The van der Waals surface area contributed by atoms with Gasteiger partial charge in [0.25, 0.3) is 0 Å². The SMILES string of the molecule is OCc1ncc(-c2c(Cl)cc(Cl)cc2Cl)cc1C(F)(F)F. The lowest BCUT2D eigenvalue weighted by Gasteiger charge is -2.14. The fraction of sp³-hybridized carbons (Fsp3) is 0.154. The third kappa shape index (κ3) is 3.43. The molecule has 1 N–H and O–H groups in total. The summed E-state index contributed by atoms with van der Waals surface area (Å²) in [4.78, 5) is 3.62. The number of nitrogens with zero attached hydrogens (tertiary/aromatic N) is 1. The van der Waals surface area contributed by atoms with Crippen molar-refractivity contribution >= 4 is 34.8 Å². The van der Waals surface area contributed by atoms with Gasteiger partial charge in [0.05, 0.1) is 27.9 Å². The molecule has 0 unspecified atom stereocenters. The van der Waals surface area contributed by atoms with Crippen LogP contribution in [0.2, 0.25) is 15.1 Å². The number of pyridine rings is 1. The van der Waals surface area contributed by atoms with Crippen molar-refractivity contribution in [1.82, 2.24) is 4.98 Å². The van der Waals surface area contributed by atoms with Crippen molar-refractivity contribution in [2.75, 3.05) is 0 Å². The quantitative estimate of drug-likeness (QED) is 0.800. The molecule has 0 amide bonds. The fourth-order valence-corrected chi connectivity index (χ4v) is 2.85. The number of hydrogen-bond acceptors (Lipinski definition) is 2. The Bertz CT molecular complexity index is 666. The Hall–Kier alpha value is -1.01. The van der Waals surface area contributed by atoms with Crippen LogP contribution in [-0.2, 0) is 12.8 Å². The second-order valence-electron chi connectivity index (χ2n) is 4.12. The maximum atomic E-state index is 13.0. The highest BCUT2D eigenvalue weighted by molar-refractivity contribution is 6.41. The van der Waals surface area contributed by atoms with Crippen molar-refractivity contribution in [3.05, 3.63) is 50.7 Å². The van der Waals surface area contributed by atoms with Crippen LogP contribution in [0, 0.1) is 0 Å². The van der Waals surface area contributed by atoms with Gasteiger partial charge in [-0.25, -0.2) is 0 Å². The second kappa shape index (κ2) is 6.01. The molecule has 0 saturated carbocycles. The molecule has 0 aliphatic carbocycles. The van der Waals surface area contributed by atoms with Gasteiger partial charge in [-0.15, -0.1) is 0 Å². The molecule has 21 heavy (non-hydrogen) atoms. The monoisotopic (exact) mass is 355 g/mol. The van der Waals surface area contributed by atoms with Crippen LogP contribution in [-0.4, -0.2) is 10.1 Å². The number of aliphatic hydroxyl groups is 1. The Balaban J connectivity index is 2.67. The molecule has 0 aliphatic rings. The van der Waals surface area contributed by atoms with E-state index in [1.807, 2.05) is 0 Å². The minimum atomic E-state index is -4.65. The van der Waals surface area contributed by atoms with E-state index >= 15 is 0 Å². The van der Waals surface area contributed by atoms with Gasteiger partial charge < -0.3 is 5.11 Å². The van der Waals surface area contributed by atoms with Crippen molar-refractivity contribution in [3.8, 4) is 11.1 Å². The molecule has 112 valence electrons. The number of hydrogen-bond donors (Lipinski definition) is 1. The average Bonchev–Trinajstić information content (AvgIpc) is 2.36. The molecule has 0 aliphatic heterocycles. The van der Waals surface area contributed by atoms with E-state index < -0.39 is 24.0 Å². The fourth-order valence-electron chi connectivity index (χ4n) is 1.82. The lowest BCUT2D eigenvalue weighted by atomic mass is 10.0. The minimum absolute atomic E-state index is 0.0891. The Morgan fingerprint density at radius 1 is 1.05 bits per heavy atom. The second-order valence-corrected chi connectivity index (χ2v) is 5.37. The van der Waals surface area contributed by atoms with E-state index in [4.69, 9.17) is 39.9 Å². The number of alkyl halides is 3. The lowest BCUT2D eigenvalue weighted by molar-refractivity contribution is -0.139. The van der Waals surface area contributed by atoms with Gasteiger partial charge in [0.1, 0.15) is 0 Å².